The summed E-state index contributed by atoms with van der Waals surface area (Å²) in [6.45, 7) is 0.569. The summed E-state index contributed by atoms with van der Waals surface area (Å²) in [5, 5.41) is 2.74. The molecule has 0 aliphatic heterocycles. The van der Waals surface area contributed by atoms with Crippen molar-refractivity contribution in [2.75, 3.05) is 12.3 Å². The van der Waals surface area contributed by atoms with Gasteiger partial charge in [0.05, 0.1) is 16.8 Å². The van der Waals surface area contributed by atoms with Gasteiger partial charge in [-0.05, 0) is 24.1 Å². The molecule has 0 aliphatic carbocycles. The highest BCUT2D eigenvalue weighted by Crippen LogP contribution is 2.10. The van der Waals surface area contributed by atoms with Crippen LogP contribution in [0, 0.1) is 0 Å². The lowest BCUT2D eigenvalue weighted by Gasteiger charge is -2.03. The minimum absolute atomic E-state index is 0.0792. The predicted octanol–water partition coefficient (Wildman–Crippen LogP) is 0.445. The van der Waals surface area contributed by atoms with E-state index in [4.69, 9.17) is 0 Å². The maximum Gasteiger partial charge on any atom is 0.323 e. The van der Waals surface area contributed by atoms with Crippen LogP contribution in [-0.2, 0) is 11.2 Å². The first-order valence-electron chi connectivity index (χ1n) is 5.27. The summed E-state index contributed by atoms with van der Waals surface area (Å²) in [5.74, 6) is 0.119. The third kappa shape index (κ3) is 2.91. The molecule has 17 heavy (non-hydrogen) atoms. The average Bonchev–Trinajstić information content (AvgIpc) is 2.68. The van der Waals surface area contributed by atoms with E-state index in [1.807, 2.05) is 18.2 Å². The molecule has 0 spiro atoms. The van der Waals surface area contributed by atoms with E-state index in [2.05, 4.69) is 27.9 Å². The molecule has 0 aliphatic rings. The van der Waals surface area contributed by atoms with Crippen LogP contribution in [0.1, 0.15) is 5.56 Å². The van der Waals surface area contributed by atoms with Crippen molar-refractivity contribution in [3.05, 3.63) is 34.2 Å². The van der Waals surface area contributed by atoms with Crippen molar-refractivity contribution in [2.45, 2.75) is 6.42 Å². The SMILES string of the molecule is O=C(CS)NCCc1ccc2[nH]c(=O)[nH]c2c1. The monoisotopic (exact) mass is 251 g/mol. The standard InChI is InChI=1S/C11H13N3O2S/c15-10(6-17)12-4-3-7-1-2-8-9(5-7)14-11(16)13-8/h1-2,5,17H,3-4,6H2,(H,12,15)(H2,13,14,16). The fourth-order valence-electron chi connectivity index (χ4n) is 1.64. The molecule has 1 aromatic heterocycles. The van der Waals surface area contributed by atoms with E-state index >= 15 is 0 Å². The van der Waals surface area contributed by atoms with Gasteiger partial charge in [-0.2, -0.15) is 12.6 Å². The van der Waals surface area contributed by atoms with Gasteiger partial charge in [-0.1, -0.05) is 6.07 Å². The van der Waals surface area contributed by atoms with Crippen LogP contribution >= 0.6 is 12.6 Å². The number of carbonyl (C=O) groups is 1. The number of hydrogen-bond donors (Lipinski definition) is 4. The van der Waals surface area contributed by atoms with Gasteiger partial charge in [-0.15, -0.1) is 0 Å². The lowest BCUT2D eigenvalue weighted by atomic mass is 10.1. The average molecular weight is 251 g/mol. The molecule has 2 rings (SSSR count). The van der Waals surface area contributed by atoms with Gasteiger partial charge in [-0.25, -0.2) is 4.79 Å². The zero-order valence-corrected chi connectivity index (χ0v) is 10.0. The largest absolute Gasteiger partial charge is 0.355 e. The molecule has 1 amide bonds. The smallest absolute Gasteiger partial charge is 0.323 e. The number of H-pyrrole nitrogens is 2. The van der Waals surface area contributed by atoms with E-state index in [-0.39, 0.29) is 17.3 Å². The van der Waals surface area contributed by atoms with Gasteiger partial charge in [0.15, 0.2) is 0 Å². The van der Waals surface area contributed by atoms with E-state index in [9.17, 15) is 9.59 Å². The number of nitrogens with one attached hydrogen (secondary N) is 3. The number of rotatable bonds is 4. The number of thiol groups is 1. The summed E-state index contributed by atoms with van der Waals surface area (Å²) >= 11 is 3.87. The van der Waals surface area contributed by atoms with Gasteiger partial charge in [-0.3, -0.25) is 4.79 Å². The number of amides is 1. The molecule has 3 N–H and O–H groups in total. The Kier molecular flexibility index (Phi) is 3.53. The minimum Gasteiger partial charge on any atom is -0.355 e. The first kappa shape index (κ1) is 11.8. The Hall–Kier alpha value is -1.69. The number of fused-ring (bicyclic) bond motifs is 1. The van der Waals surface area contributed by atoms with Crippen LogP contribution in [0.3, 0.4) is 0 Å². The van der Waals surface area contributed by atoms with Gasteiger partial charge < -0.3 is 15.3 Å². The van der Waals surface area contributed by atoms with E-state index in [1.54, 1.807) is 0 Å². The Morgan fingerprint density at radius 3 is 2.82 bits per heavy atom. The normalized spacial score (nSPS) is 10.6. The van der Waals surface area contributed by atoms with Crippen LogP contribution in [0.5, 0.6) is 0 Å². The zero-order chi connectivity index (χ0) is 12.3. The van der Waals surface area contributed by atoms with Gasteiger partial charge >= 0.3 is 5.69 Å². The Labute approximate surface area is 103 Å². The molecule has 6 heteroatoms. The minimum atomic E-state index is -0.208. The van der Waals surface area contributed by atoms with E-state index < -0.39 is 0 Å². The van der Waals surface area contributed by atoms with E-state index in [0.717, 1.165) is 23.0 Å². The summed E-state index contributed by atoms with van der Waals surface area (Å²) in [7, 11) is 0. The van der Waals surface area contributed by atoms with Crippen molar-refractivity contribution in [3.63, 3.8) is 0 Å². The second kappa shape index (κ2) is 5.09. The molecule has 1 heterocycles. The maximum atomic E-state index is 11.1. The summed E-state index contributed by atoms with van der Waals surface area (Å²) < 4.78 is 0. The van der Waals surface area contributed by atoms with Crippen molar-refractivity contribution in [2.24, 2.45) is 0 Å². The summed E-state index contributed by atoms with van der Waals surface area (Å²) in [5.41, 5.74) is 2.43. The molecule has 0 saturated heterocycles. The Bertz CT molecular complexity index is 588. The lowest BCUT2D eigenvalue weighted by Crippen LogP contribution is -2.26. The maximum absolute atomic E-state index is 11.1. The molecule has 5 nitrogen and oxygen atoms in total. The molecule has 0 bridgehead atoms. The van der Waals surface area contributed by atoms with Crippen LogP contribution in [0.25, 0.3) is 11.0 Å². The predicted molar refractivity (Wildman–Crippen MR) is 69.5 cm³/mol. The number of carbonyl (C=O) groups excluding carboxylic acids is 1. The number of hydrogen-bond acceptors (Lipinski definition) is 3. The first-order valence-corrected chi connectivity index (χ1v) is 5.91. The fraction of sp³-hybridized carbons (Fsp3) is 0.273. The molecule has 1 aromatic carbocycles. The third-order valence-electron chi connectivity index (χ3n) is 2.46. The van der Waals surface area contributed by atoms with Gasteiger partial charge in [0.25, 0.3) is 0 Å². The molecule has 0 fully saturated rings. The quantitative estimate of drug-likeness (QED) is 0.595. The van der Waals surface area contributed by atoms with E-state index in [1.165, 1.54) is 0 Å². The number of aromatic nitrogens is 2. The van der Waals surface area contributed by atoms with E-state index in [0.29, 0.717) is 6.54 Å². The van der Waals surface area contributed by atoms with Gasteiger partial charge in [0.2, 0.25) is 5.91 Å². The highest BCUT2D eigenvalue weighted by molar-refractivity contribution is 7.81. The van der Waals surface area contributed by atoms with Crippen LogP contribution in [0.4, 0.5) is 0 Å². The summed E-state index contributed by atoms with van der Waals surface area (Å²) in [6, 6.07) is 5.68. The molecule has 90 valence electrons. The van der Waals surface area contributed by atoms with Gasteiger partial charge in [0, 0.05) is 6.54 Å². The topological polar surface area (TPSA) is 77.8 Å². The number of aromatic amines is 2. The highest BCUT2D eigenvalue weighted by atomic mass is 32.1. The van der Waals surface area contributed by atoms with Crippen molar-refractivity contribution in [1.82, 2.24) is 15.3 Å². The number of benzene rings is 1. The molecule has 0 radical (unpaired) electrons. The zero-order valence-electron chi connectivity index (χ0n) is 9.12. The fourth-order valence-corrected chi connectivity index (χ4v) is 1.75. The Morgan fingerprint density at radius 1 is 1.29 bits per heavy atom. The molecule has 2 aromatic rings. The van der Waals surface area contributed by atoms with Crippen molar-refractivity contribution in [1.29, 1.82) is 0 Å². The Balaban J connectivity index is 2.04. The highest BCUT2D eigenvalue weighted by Gasteiger charge is 2.01. The molecular formula is C11H13N3O2S. The van der Waals surface area contributed by atoms with Crippen molar-refractivity contribution in [3.8, 4) is 0 Å². The van der Waals surface area contributed by atoms with Crippen LogP contribution in [0.2, 0.25) is 0 Å². The first-order chi connectivity index (χ1) is 8.19. The molecule has 0 atom stereocenters. The molecule has 0 unspecified atom stereocenters. The second-order valence-electron chi connectivity index (χ2n) is 3.72. The second-order valence-corrected chi connectivity index (χ2v) is 4.03. The number of imidazole rings is 1. The molecular weight excluding hydrogens is 238 g/mol. The third-order valence-corrected chi connectivity index (χ3v) is 2.75. The van der Waals surface area contributed by atoms with Crippen LogP contribution in [0.15, 0.2) is 23.0 Å². The van der Waals surface area contributed by atoms with Crippen LogP contribution < -0.4 is 11.0 Å². The lowest BCUT2D eigenvalue weighted by molar-refractivity contribution is -0.118. The summed E-state index contributed by atoms with van der Waals surface area (Å²) in [6.07, 6.45) is 0.725. The van der Waals surface area contributed by atoms with Gasteiger partial charge in [0.1, 0.15) is 0 Å². The molecule has 0 saturated carbocycles. The Morgan fingerprint density at radius 2 is 2.06 bits per heavy atom. The van der Waals surface area contributed by atoms with Crippen molar-refractivity contribution >= 4 is 29.6 Å². The van der Waals surface area contributed by atoms with Crippen molar-refractivity contribution < 1.29 is 4.79 Å². The summed E-state index contributed by atoms with van der Waals surface area (Å²) in [4.78, 5) is 27.4. The van der Waals surface area contributed by atoms with Crippen LogP contribution in [-0.4, -0.2) is 28.2 Å².